The molecule has 0 radical (unpaired) electrons. The van der Waals surface area contributed by atoms with Gasteiger partial charge in [-0.15, -0.1) is 0 Å². The van der Waals surface area contributed by atoms with Crippen molar-refractivity contribution in [3.8, 4) is 0 Å². The van der Waals surface area contributed by atoms with Crippen LogP contribution in [0.15, 0.2) is 24.3 Å². The van der Waals surface area contributed by atoms with Crippen molar-refractivity contribution in [2.24, 2.45) is 0 Å². The summed E-state index contributed by atoms with van der Waals surface area (Å²) in [6.07, 6.45) is 2.03. The summed E-state index contributed by atoms with van der Waals surface area (Å²) >= 11 is 1.70. The molecule has 0 aromatic heterocycles. The Morgan fingerprint density at radius 2 is 1.94 bits per heavy atom. The fourth-order valence-corrected chi connectivity index (χ4v) is 2.21. The van der Waals surface area contributed by atoms with Gasteiger partial charge in [0.15, 0.2) is 0 Å². The van der Waals surface area contributed by atoms with Crippen molar-refractivity contribution in [1.29, 1.82) is 0 Å². The second kappa shape index (κ2) is 6.94. The van der Waals surface area contributed by atoms with Crippen LogP contribution in [0.4, 0.5) is 0 Å². The van der Waals surface area contributed by atoms with Crippen molar-refractivity contribution < 1.29 is 5.11 Å². The van der Waals surface area contributed by atoms with Crippen molar-refractivity contribution >= 4 is 11.8 Å². The lowest BCUT2D eigenvalue weighted by atomic mass is 10.1. The molecule has 0 spiro atoms. The Kier molecular flexibility index (Phi) is 5.88. The normalized spacial score (nSPS) is 14.8. The number of hydrogen-bond acceptors (Lipinski definition) is 3. The standard InChI is InChI=1S/C13H21NOS/c1-10-4-6-12(7-5-10)8-14-11(2)13(9-15)16-3/h4-7,11,13-15H,8-9H2,1-3H3. The maximum atomic E-state index is 9.17. The smallest absolute Gasteiger partial charge is 0.0564 e. The van der Waals surface area contributed by atoms with Crippen LogP contribution in [0.2, 0.25) is 0 Å². The Balaban J connectivity index is 2.42. The molecule has 0 amide bonds. The molecule has 0 aliphatic carbocycles. The number of nitrogens with one attached hydrogen (secondary N) is 1. The van der Waals surface area contributed by atoms with Gasteiger partial charge in [0.2, 0.25) is 0 Å². The van der Waals surface area contributed by atoms with Gasteiger partial charge in [-0.2, -0.15) is 11.8 Å². The van der Waals surface area contributed by atoms with Crippen molar-refractivity contribution in [2.75, 3.05) is 12.9 Å². The third kappa shape index (κ3) is 4.16. The van der Waals surface area contributed by atoms with Gasteiger partial charge in [-0.25, -0.2) is 0 Å². The highest BCUT2D eigenvalue weighted by Crippen LogP contribution is 2.11. The van der Waals surface area contributed by atoms with Crippen molar-refractivity contribution in [1.82, 2.24) is 5.32 Å². The average Bonchev–Trinajstić information content (AvgIpc) is 2.30. The summed E-state index contributed by atoms with van der Waals surface area (Å²) in [7, 11) is 0. The Morgan fingerprint density at radius 1 is 1.31 bits per heavy atom. The Morgan fingerprint density at radius 3 is 2.44 bits per heavy atom. The molecular formula is C13H21NOS. The van der Waals surface area contributed by atoms with Crippen molar-refractivity contribution in [3.05, 3.63) is 35.4 Å². The summed E-state index contributed by atoms with van der Waals surface area (Å²) in [6.45, 7) is 5.29. The van der Waals surface area contributed by atoms with Gasteiger partial charge >= 0.3 is 0 Å². The number of aliphatic hydroxyl groups is 1. The first-order valence-electron chi connectivity index (χ1n) is 5.60. The Hall–Kier alpha value is -0.510. The topological polar surface area (TPSA) is 32.3 Å². The largest absolute Gasteiger partial charge is 0.395 e. The number of aryl methyl sites for hydroxylation is 1. The van der Waals surface area contributed by atoms with Crippen molar-refractivity contribution in [3.63, 3.8) is 0 Å². The lowest BCUT2D eigenvalue weighted by molar-refractivity contribution is 0.276. The Bertz CT molecular complexity index is 295. The summed E-state index contributed by atoms with van der Waals surface area (Å²) in [6, 6.07) is 8.85. The lowest BCUT2D eigenvalue weighted by Crippen LogP contribution is -2.37. The second-order valence-corrected chi connectivity index (χ2v) is 5.19. The van der Waals surface area contributed by atoms with Gasteiger partial charge in [-0.1, -0.05) is 29.8 Å². The van der Waals surface area contributed by atoms with E-state index in [4.69, 9.17) is 5.11 Å². The molecule has 0 heterocycles. The maximum Gasteiger partial charge on any atom is 0.0564 e. The third-order valence-electron chi connectivity index (χ3n) is 2.79. The van der Waals surface area contributed by atoms with E-state index in [2.05, 4.69) is 43.4 Å². The van der Waals surface area contributed by atoms with E-state index in [9.17, 15) is 0 Å². The molecule has 1 rings (SSSR count). The quantitative estimate of drug-likeness (QED) is 0.798. The molecule has 3 heteroatoms. The lowest BCUT2D eigenvalue weighted by Gasteiger charge is -2.21. The monoisotopic (exact) mass is 239 g/mol. The van der Waals surface area contributed by atoms with Gasteiger partial charge in [-0.05, 0) is 25.7 Å². The van der Waals surface area contributed by atoms with E-state index in [0.717, 1.165) is 6.54 Å². The van der Waals surface area contributed by atoms with Gasteiger partial charge < -0.3 is 10.4 Å². The van der Waals surface area contributed by atoms with Crippen LogP contribution in [0, 0.1) is 6.92 Å². The SMILES string of the molecule is CSC(CO)C(C)NCc1ccc(C)cc1. The molecule has 90 valence electrons. The highest BCUT2D eigenvalue weighted by Gasteiger charge is 2.13. The molecule has 0 fully saturated rings. The van der Waals surface area contributed by atoms with E-state index in [1.807, 2.05) is 6.26 Å². The van der Waals surface area contributed by atoms with E-state index in [0.29, 0.717) is 6.04 Å². The zero-order valence-corrected chi connectivity index (χ0v) is 11.1. The molecule has 2 atom stereocenters. The van der Waals surface area contributed by atoms with Crippen LogP contribution < -0.4 is 5.32 Å². The number of benzene rings is 1. The molecule has 1 aromatic rings. The van der Waals surface area contributed by atoms with E-state index < -0.39 is 0 Å². The first-order chi connectivity index (χ1) is 7.67. The summed E-state index contributed by atoms with van der Waals surface area (Å²) in [5, 5.41) is 12.9. The third-order valence-corrected chi connectivity index (χ3v) is 3.95. The fourth-order valence-electron chi connectivity index (χ4n) is 1.55. The minimum atomic E-state index is 0.225. The first-order valence-corrected chi connectivity index (χ1v) is 6.88. The second-order valence-electron chi connectivity index (χ2n) is 4.11. The van der Waals surface area contributed by atoms with Crippen LogP contribution in [-0.2, 0) is 6.54 Å². The molecule has 0 saturated carbocycles. The molecule has 0 aliphatic rings. The molecule has 2 N–H and O–H groups in total. The van der Waals surface area contributed by atoms with E-state index in [1.54, 1.807) is 11.8 Å². The van der Waals surface area contributed by atoms with Crippen LogP contribution >= 0.6 is 11.8 Å². The molecule has 0 aliphatic heterocycles. The number of thioether (sulfide) groups is 1. The average molecular weight is 239 g/mol. The first kappa shape index (κ1) is 13.6. The molecule has 0 saturated heterocycles. The van der Waals surface area contributed by atoms with Gasteiger partial charge in [0.05, 0.1) is 6.61 Å². The predicted molar refractivity (Wildman–Crippen MR) is 71.9 cm³/mol. The van der Waals surface area contributed by atoms with Gasteiger partial charge in [-0.3, -0.25) is 0 Å². The van der Waals surface area contributed by atoms with Crippen LogP contribution in [0.3, 0.4) is 0 Å². The number of rotatable bonds is 6. The van der Waals surface area contributed by atoms with E-state index in [-0.39, 0.29) is 11.9 Å². The van der Waals surface area contributed by atoms with Crippen LogP contribution in [0.1, 0.15) is 18.1 Å². The molecule has 2 unspecified atom stereocenters. The predicted octanol–water partition coefficient (Wildman–Crippen LogP) is 2.20. The molecule has 2 nitrogen and oxygen atoms in total. The number of aliphatic hydroxyl groups excluding tert-OH is 1. The molecule has 16 heavy (non-hydrogen) atoms. The highest BCUT2D eigenvalue weighted by atomic mass is 32.2. The van der Waals surface area contributed by atoms with E-state index >= 15 is 0 Å². The van der Waals surface area contributed by atoms with Crippen LogP contribution in [0.5, 0.6) is 0 Å². The molecule has 0 bridgehead atoms. The van der Waals surface area contributed by atoms with Gasteiger partial charge in [0.25, 0.3) is 0 Å². The zero-order valence-electron chi connectivity index (χ0n) is 10.2. The summed E-state index contributed by atoms with van der Waals surface area (Å²) in [4.78, 5) is 0. The van der Waals surface area contributed by atoms with Gasteiger partial charge in [0.1, 0.15) is 0 Å². The summed E-state index contributed by atoms with van der Waals surface area (Å²) < 4.78 is 0. The number of hydrogen-bond donors (Lipinski definition) is 2. The fraction of sp³-hybridized carbons (Fsp3) is 0.538. The van der Waals surface area contributed by atoms with Crippen molar-refractivity contribution in [2.45, 2.75) is 31.7 Å². The summed E-state index contributed by atoms with van der Waals surface area (Å²) in [5.41, 5.74) is 2.57. The van der Waals surface area contributed by atoms with Gasteiger partial charge in [0, 0.05) is 17.8 Å². The Labute approximate surface area is 102 Å². The summed E-state index contributed by atoms with van der Waals surface area (Å²) in [5.74, 6) is 0. The minimum absolute atomic E-state index is 0.225. The minimum Gasteiger partial charge on any atom is -0.395 e. The maximum absolute atomic E-state index is 9.17. The zero-order chi connectivity index (χ0) is 12.0. The molecular weight excluding hydrogens is 218 g/mol. The van der Waals surface area contributed by atoms with Crippen LogP contribution in [-0.4, -0.2) is 29.3 Å². The molecule has 1 aromatic carbocycles. The van der Waals surface area contributed by atoms with Crippen LogP contribution in [0.25, 0.3) is 0 Å². The highest BCUT2D eigenvalue weighted by molar-refractivity contribution is 7.99. The van der Waals surface area contributed by atoms with E-state index in [1.165, 1.54) is 11.1 Å².